The molecule has 1 aliphatic heterocycles. The predicted octanol–water partition coefficient (Wildman–Crippen LogP) is 3.54. The largest absolute Gasteiger partial charge is 0.486 e. The SMILES string of the molecule is Clc1cc(C2CC2)nc2cc3c(cc12)OCCO3. The molecular formula is C14H12ClNO2. The number of pyridine rings is 1. The van der Waals surface area contributed by atoms with Crippen molar-refractivity contribution in [3.05, 3.63) is 28.9 Å². The Morgan fingerprint density at radius 2 is 1.78 bits per heavy atom. The summed E-state index contributed by atoms with van der Waals surface area (Å²) in [5.74, 6) is 2.13. The highest BCUT2D eigenvalue weighted by Crippen LogP contribution is 2.42. The van der Waals surface area contributed by atoms with Gasteiger partial charge in [0, 0.05) is 23.1 Å². The zero-order valence-corrected chi connectivity index (χ0v) is 10.5. The van der Waals surface area contributed by atoms with Gasteiger partial charge in [-0.2, -0.15) is 0 Å². The topological polar surface area (TPSA) is 31.4 Å². The van der Waals surface area contributed by atoms with Crippen LogP contribution in [0.4, 0.5) is 0 Å². The standard InChI is InChI=1S/C14H12ClNO2/c15-10-6-11(8-1-2-8)16-12-7-14-13(5-9(10)12)17-3-4-18-14/h5-8H,1-4H2. The van der Waals surface area contributed by atoms with Crippen LogP contribution in [0.2, 0.25) is 5.02 Å². The molecule has 1 fully saturated rings. The maximum absolute atomic E-state index is 6.34. The second kappa shape index (κ2) is 3.75. The maximum atomic E-state index is 6.34. The summed E-state index contributed by atoms with van der Waals surface area (Å²) in [5.41, 5.74) is 2.00. The fourth-order valence-corrected chi connectivity index (χ4v) is 2.59. The normalized spacial score (nSPS) is 18.1. The molecule has 92 valence electrons. The minimum atomic E-state index is 0.587. The van der Waals surface area contributed by atoms with Crippen LogP contribution in [0, 0.1) is 0 Å². The van der Waals surface area contributed by atoms with Crippen molar-refractivity contribution in [2.24, 2.45) is 0 Å². The van der Waals surface area contributed by atoms with Crippen LogP contribution in [0.1, 0.15) is 24.5 Å². The Morgan fingerprint density at radius 1 is 1.06 bits per heavy atom. The number of benzene rings is 1. The minimum absolute atomic E-state index is 0.587. The summed E-state index contributed by atoms with van der Waals surface area (Å²) in [6.45, 7) is 1.18. The van der Waals surface area contributed by atoms with Crippen molar-refractivity contribution < 1.29 is 9.47 Å². The zero-order chi connectivity index (χ0) is 12.1. The van der Waals surface area contributed by atoms with Crippen LogP contribution in [-0.4, -0.2) is 18.2 Å². The number of nitrogens with zero attached hydrogens (tertiary/aromatic N) is 1. The van der Waals surface area contributed by atoms with Crippen LogP contribution in [-0.2, 0) is 0 Å². The van der Waals surface area contributed by atoms with Crippen molar-refractivity contribution in [1.82, 2.24) is 4.98 Å². The highest BCUT2D eigenvalue weighted by atomic mass is 35.5. The average molecular weight is 262 g/mol. The lowest BCUT2D eigenvalue weighted by Gasteiger charge is -2.19. The number of halogens is 1. The lowest BCUT2D eigenvalue weighted by Crippen LogP contribution is -2.15. The molecule has 1 saturated carbocycles. The van der Waals surface area contributed by atoms with Crippen molar-refractivity contribution in [3.63, 3.8) is 0 Å². The van der Waals surface area contributed by atoms with Crippen LogP contribution in [0.15, 0.2) is 18.2 Å². The Balaban J connectivity index is 1.94. The van der Waals surface area contributed by atoms with Gasteiger partial charge in [0.1, 0.15) is 13.2 Å². The van der Waals surface area contributed by atoms with Gasteiger partial charge >= 0.3 is 0 Å². The quantitative estimate of drug-likeness (QED) is 0.787. The van der Waals surface area contributed by atoms with Gasteiger partial charge in [0.05, 0.1) is 10.5 Å². The average Bonchev–Trinajstić information content (AvgIpc) is 3.21. The van der Waals surface area contributed by atoms with E-state index >= 15 is 0 Å². The molecule has 0 amide bonds. The molecule has 18 heavy (non-hydrogen) atoms. The molecule has 0 saturated heterocycles. The second-order valence-electron chi connectivity index (χ2n) is 4.82. The van der Waals surface area contributed by atoms with E-state index in [4.69, 9.17) is 21.1 Å². The van der Waals surface area contributed by atoms with Gasteiger partial charge in [-0.1, -0.05) is 11.6 Å². The number of ether oxygens (including phenoxy) is 2. The second-order valence-corrected chi connectivity index (χ2v) is 5.22. The molecule has 2 aromatic rings. The van der Waals surface area contributed by atoms with Crippen LogP contribution in [0.3, 0.4) is 0 Å². The first-order valence-corrected chi connectivity index (χ1v) is 6.59. The highest BCUT2D eigenvalue weighted by Gasteiger charge is 2.26. The zero-order valence-electron chi connectivity index (χ0n) is 9.78. The van der Waals surface area contributed by atoms with E-state index in [1.807, 2.05) is 18.2 Å². The molecule has 2 heterocycles. The molecule has 0 N–H and O–H groups in total. The Labute approximate surface area is 110 Å². The van der Waals surface area contributed by atoms with Gasteiger partial charge in [-0.05, 0) is 25.0 Å². The summed E-state index contributed by atoms with van der Waals surface area (Å²) >= 11 is 6.34. The number of rotatable bonds is 1. The van der Waals surface area contributed by atoms with Crippen molar-refractivity contribution in [3.8, 4) is 11.5 Å². The molecule has 0 unspecified atom stereocenters. The third-order valence-electron chi connectivity index (χ3n) is 3.44. The lowest BCUT2D eigenvalue weighted by molar-refractivity contribution is 0.172. The third-order valence-corrected chi connectivity index (χ3v) is 3.75. The summed E-state index contributed by atoms with van der Waals surface area (Å²) in [7, 11) is 0. The summed E-state index contributed by atoms with van der Waals surface area (Å²) in [6.07, 6.45) is 2.44. The van der Waals surface area contributed by atoms with E-state index in [0.717, 1.165) is 33.1 Å². The van der Waals surface area contributed by atoms with Gasteiger partial charge in [0.15, 0.2) is 11.5 Å². The van der Waals surface area contributed by atoms with Gasteiger partial charge in [-0.25, -0.2) is 0 Å². The Hall–Kier alpha value is -1.48. The molecule has 1 aromatic carbocycles. The van der Waals surface area contributed by atoms with Crippen molar-refractivity contribution in [1.29, 1.82) is 0 Å². The fourth-order valence-electron chi connectivity index (χ4n) is 2.33. The predicted molar refractivity (Wildman–Crippen MR) is 69.7 cm³/mol. The molecule has 3 nitrogen and oxygen atoms in total. The van der Waals surface area contributed by atoms with Crippen molar-refractivity contribution in [2.75, 3.05) is 13.2 Å². The van der Waals surface area contributed by atoms with E-state index in [-0.39, 0.29) is 0 Å². The van der Waals surface area contributed by atoms with Crippen molar-refractivity contribution >= 4 is 22.5 Å². The molecule has 4 heteroatoms. The van der Waals surface area contributed by atoms with E-state index in [2.05, 4.69) is 4.98 Å². The first-order chi connectivity index (χ1) is 8.81. The Kier molecular flexibility index (Phi) is 2.18. The molecule has 0 bridgehead atoms. The molecule has 4 rings (SSSR count). The van der Waals surface area contributed by atoms with Crippen LogP contribution in [0.5, 0.6) is 11.5 Å². The van der Waals surface area contributed by atoms with Gasteiger partial charge < -0.3 is 9.47 Å². The van der Waals surface area contributed by atoms with E-state index in [1.165, 1.54) is 12.8 Å². The highest BCUT2D eigenvalue weighted by molar-refractivity contribution is 6.35. The Bertz CT molecular complexity index is 637. The first-order valence-electron chi connectivity index (χ1n) is 6.21. The minimum Gasteiger partial charge on any atom is -0.486 e. The molecule has 2 aliphatic rings. The number of hydrogen-bond acceptors (Lipinski definition) is 3. The van der Waals surface area contributed by atoms with Crippen molar-refractivity contribution in [2.45, 2.75) is 18.8 Å². The molecule has 1 aromatic heterocycles. The smallest absolute Gasteiger partial charge is 0.163 e. The van der Waals surface area contributed by atoms with Crippen LogP contribution in [0.25, 0.3) is 10.9 Å². The summed E-state index contributed by atoms with van der Waals surface area (Å²) < 4.78 is 11.1. The first kappa shape index (κ1) is 10.4. The van der Waals surface area contributed by atoms with E-state index in [1.54, 1.807) is 0 Å². The van der Waals surface area contributed by atoms with Gasteiger partial charge in [0.25, 0.3) is 0 Å². The van der Waals surface area contributed by atoms with Crippen LogP contribution < -0.4 is 9.47 Å². The molecule has 0 spiro atoms. The van der Waals surface area contributed by atoms with E-state index in [9.17, 15) is 0 Å². The van der Waals surface area contributed by atoms with Gasteiger partial charge in [0.2, 0.25) is 0 Å². The molecule has 0 radical (unpaired) electrons. The number of hydrogen-bond donors (Lipinski definition) is 0. The van der Waals surface area contributed by atoms with Crippen LogP contribution >= 0.6 is 11.6 Å². The molecular weight excluding hydrogens is 250 g/mol. The molecule has 0 atom stereocenters. The summed E-state index contributed by atoms with van der Waals surface area (Å²) in [5, 5.41) is 1.68. The fraction of sp³-hybridized carbons (Fsp3) is 0.357. The van der Waals surface area contributed by atoms with Gasteiger partial charge in [-0.3, -0.25) is 4.98 Å². The lowest BCUT2D eigenvalue weighted by atomic mass is 10.1. The molecule has 1 aliphatic carbocycles. The third kappa shape index (κ3) is 1.62. The summed E-state index contributed by atoms with van der Waals surface area (Å²) in [4.78, 5) is 4.69. The number of fused-ring (bicyclic) bond motifs is 2. The number of aromatic nitrogens is 1. The van der Waals surface area contributed by atoms with E-state index in [0.29, 0.717) is 19.1 Å². The van der Waals surface area contributed by atoms with E-state index < -0.39 is 0 Å². The summed E-state index contributed by atoms with van der Waals surface area (Å²) in [6, 6.07) is 5.84. The monoisotopic (exact) mass is 261 g/mol. The van der Waals surface area contributed by atoms with Gasteiger partial charge in [-0.15, -0.1) is 0 Å². The Morgan fingerprint density at radius 3 is 2.50 bits per heavy atom. The maximum Gasteiger partial charge on any atom is 0.163 e.